The summed E-state index contributed by atoms with van der Waals surface area (Å²) in [6.45, 7) is 14.3. The zero-order chi connectivity index (χ0) is 15.5. The Morgan fingerprint density at radius 1 is 1.40 bits per heavy atom. The lowest BCUT2D eigenvalue weighted by molar-refractivity contribution is 0.0872. The van der Waals surface area contributed by atoms with Crippen molar-refractivity contribution in [1.82, 2.24) is 15.1 Å². The third kappa shape index (κ3) is 4.49. The lowest BCUT2D eigenvalue weighted by Gasteiger charge is -2.30. The number of anilines is 1. The fourth-order valence-electron chi connectivity index (χ4n) is 2.40. The highest BCUT2D eigenvalue weighted by Crippen LogP contribution is 2.24. The van der Waals surface area contributed by atoms with Gasteiger partial charge in [0, 0.05) is 38.3 Å². The molecule has 1 aromatic rings. The highest BCUT2D eigenvalue weighted by molar-refractivity contribution is 5.50. The summed E-state index contributed by atoms with van der Waals surface area (Å²) in [4.78, 5) is 2.19. The van der Waals surface area contributed by atoms with Crippen molar-refractivity contribution in [2.24, 2.45) is 7.05 Å². The molecule has 5 nitrogen and oxygen atoms in total. The first kappa shape index (κ1) is 17.0. The number of rotatable bonds is 7. The Balaban J connectivity index is 3.07. The lowest BCUT2D eigenvalue weighted by Crippen LogP contribution is -2.40. The first-order chi connectivity index (χ1) is 9.15. The molecule has 20 heavy (non-hydrogen) atoms. The van der Waals surface area contributed by atoms with Gasteiger partial charge in [-0.25, -0.2) is 0 Å². The Kier molecular flexibility index (Phi) is 5.59. The van der Waals surface area contributed by atoms with Gasteiger partial charge in [0.2, 0.25) is 0 Å². The zero-order valence-corrected chi connectivity index (χ0v) is 14.0. The van der Waals surface area contributed by atoms with Crippen LogP contribution in [0, 0.1) is 6.92 Å². The molecule has 0 radical (unpaired) electrons. The van der Waals surface area contributed by atoms with Crippen LogP contribution in [0.4, 0.5) is 5.82 Å². The van der Waals surface area contributed by atoms with Crippen LogP contribution in [0.1, 0.15) is 45.9 Å². The number of aliphatic hydroxyl groups is 1. The molecule has 0 saturated carbocycles. The average Bonchev–Trinajstić information content (AvgIpc) is 2.57. The van der Waals surface area contributed by atoms with Gasteiger partial charge in [-0.2, -0.15) is 5.10 Å². The zero-order valence-electron chi connectivity index (χ0n) is 14.0. The SMILES string of the molecule is CCN(CC(C)(C)O)c1c(CNC(C)C)c(C)nn1C. The quantitative estimate of drug-likeness (QED) is 0.801. The summed E-state index contributed by atoms with van der Waals surface area (Å²) in [7, 11) is 1.97. The van der Waals surface area contributed by atoms with Gasteiger partial charge in [0.25, 0.3) is 0 Å². The molecule has 0 saturated heterocycles. The van der Waals surface area contributed by atoms with Crippen LogP contribution in [0.2, 0.25) is 0 Å². The van der Waals surface area contributed by atoms with Crippen LogP contribution in [0.15, 0.2) is 0 Å². The van der Waals surface area contributed by atoms with Crippen molar-refractivity contribution < 1.29 is 5.11 Å². The Morgan fingerprint density at radius 2 is 2.00 bits per heavy atom. The number of nitrogens with zero attached hydrogens (tertiary/aromatic N) is 3. The van der Waals surface area contributed by atoms with Gasteiger partial charge in [0.15, 0.2) is 0 Å². The van der Waals surface area contributed by atoms with Crippen LogP contribution in [0.5, 0.6) is 0 Å². The molecule has 116 valence electrons. The number of hydrogen-bond acceptors (Lipinski definition) is 4. The lowest BCUT2D eigenvalue weighted by atomic mass is 10.1. The molecule has 0 aliphatic rings. The summed E-state index contributed by atoms with van der Waals surface area (Å²) < 4.78 is 1.92. The van der Waals surface area contributed by atoms with E-state index in [0.29, 0.717) is 12.6 Å². The summed E-state index contributed by atoms with van der Waals surface area (Å²) in [5, 5.41) is 18.1. The monoisotopic (exact) mass is 282 g/mol. The second-order valence-electron chi connectivity index (χ2n) is 6.37. The molecule has 0 bridgehead atoms. The van der Waals surface area contributed by atoms with E-state index in [4.69, 9.17) is 0 Å². The Labute approximate surface area is 123 Å². The first-order valence-corrected chi connectivity index (χ1v) is 7.39. The van der Waals surface area contributed by atoms with E-state index in [1.807, 2.05) is 32.5 Å². The molecule has 0 aliphatic carbocycles. The molecule has 0 unspecified atom stereocenters. The van der Waals surface area contributed by atoms with Crippen LogP contribution in [-0.2, 0) is 13.6 Å². The molecule has 2 N–H and O–H groups in total. The van der Waals surface area contributed by atoms with Gasteiger partial charge in [-0.3, -0.25) is 4.68 Å². The van der Waals surface area contributed by atoms with Gasteiger partial charge in [-0.1, -0.05) is 13.8 Å². The summed E-state index contributed by atoms with van der Waals surface area (Å²) in [5.41, 5.74) is 1.54. The maximum atomic E-state index is 10.1. The number of aromatic nitrogens is 2. The van der Waals surface area contributed by atoms with E-state index in [1.165, 1.54) is 5.56 Å². The number of nitrogens with one attached hydrogen (secondary N) is 1. The summed E-state index contributed by atoms with van der Waals surface area (Å²) in [6.07, 6.45) is 0. The van der Waals surface area contributed by atoms with Crippen LogP contribution in [0.25, 0.3) is 0 Å². The summed E-state index contributed by atoms with van der Waals surface area (Å²) >= 11 is 0. The minimum atomic E-state index is -0.725. The highest BCUT2D eigenvalue weighted by atomic mass is 16.3. The second kappa shape index (κ2) is 6.59. The van der Waals surface area contributed by atoms with Gasteiger partial charge >= 0.3 is 0 Å². The minimum Gasteiger partial charge on any atom is -0.389 e. The first-order valence-electron chi connectivity index (χ1n) is 7.39. The molecule has 0 fully saturated rings. The maximum Gasteiger partial charge on any atom is 0.131 e. The summed E-state index contributed by atoms with van der Waals surface area (Å²) in [5.74, 6) is 1.10. The predicted molar refractivity (Wildman–Crippen MR) is 84.1 cm³/mol. The van der Waals surface area contributed by atoms with E-state index in [9.17, 15) is 5.11 Å². The summed E-state index contributed by atoms with van der Waals surface area (Å²) in [6, 6.07) is 0.437. The van der Waals surface area contributed by atoms with Gasteiger partial charge in [0.1, 0.15) is 5.82 Å². The Morgan fingerprint density at radius 3 is 2.45 bits per heavy atom. The fraction of sp³-hybridized carbons (Fsp3) is 0.800. The molecule has 1 aromatic heterocycles. The second-order valence-corrected chi connectivity index (χ2v) is 6.37. The average molecular weight is 282 g/mol. The van der Waals surface area contributed by atoms with Crippen LogP contribution in [0.3, 0.4) is 0 Å². The molecular weight excluding hydrogens is 252 g/mol. The Bertz CT molecular complexity index is 432. The van der Waals surface area contributed by atoms with Crippen LogP contribution >= 0.6 is 0 Å². The molecule has 1 heterocycles. The predicted octanol–water partition coefficient (Wildman–Crippen LogP) is 1.82. The van der Waals surface area contributed by atoms with Crippen molar-refractivity contribution in [3.8, 4) is 0 Å². The van der Waals surface area contributed by atoms with Gasteiger partial charge < -0.3 is 15.3 Å². The van der Waals surface area contributed by atoms with E-state index in [0.717, 1.165) is 24.6 Å². The largest absolute Gasteiger partial charge is 0.389 e. The van der Waals surface area contributed by atoms with Crippen molar-refractivity contribution >= 4 is 5.82 Å². The van der Waals surface area contributed by atoms with E-state index in [1.54, 1.807) is 0 Å². The molecule has 0 aromatic carbocycles. The highest BCUT2D eigenvalue weighted by Gasteiger charge is 2.23. The van der Waals surface area contributed by atoms with E-state index in [-0.39, 0.29) is 0 Å². The van der Waals surface area contributed by atoms with E-state index < -0.39 is 5.60 Å². The van der Waals surface area contributed by atoms with Crippen molar-refractivity contribution in [2.45, 2.75) is 59.7 Å². The smallest absolute Gasteiger partial charge is 0.131 e. The van der Waals surface area contributed by atoms with E-state index in [2.05, 4.69) is 36.1 Å². The van der Waals surface area contributed by atoms with Crippen molar-refractivity contribution in [2.75, 3.05) is 18.0 Å². The maximum absolute atomic E-state index is 10.1. The van der Waals surface area contributed by atoms with Gasteiger partial charge in [0.05, 0.1) is 11.3 Å². The normalized spacial score (nSPS) is 12.2. The third-order valence-electron chi connectivity index (χ3n) is 3.26. The molecule has 0 spiro atoms. The van der Waals surface area contributed by atoms with Gasteiger partial charge in [-0.15, -0.1) is 0 Å². The fourth-order valence-corrected chi connectivity index (χ4v) is 2.40. The number of hydrogen-bond donors (Lipinski definition) is 2. The van der Waals surface area contributed by atoms with E-state index >= 15 is 0 Å². The standard InChI is InChI=1S/C15H30N4O/c1-8-19(10-15(5,6)20)14-13(9-16-11(2)3)12(4)17-18(14)7/h11,16,20H,8-10H2,1-7H3. The molecule has 5 heteroatoms. The Hall–Kier alpha value is -1.07. The van der Waals surface area contributed by atoms with Crippen LogP contribution in [-0.4, -0.2) is 39.6 Å². The van der Waals surface area contributed by atoms with Crippen molar-refractivity contribution in [1.29, 1.82) is 0 Å². The van der Waals surface area contributed by atoms with Crippen molar-refractivity contribution in [3.05, 3.63) is 11.3 Å². The van der Waals surface area contributed by atoms with Crippen LogP contribution < -0.4 is 10.2 Å². The van der Waals surface area contributed by atoms with Gasteiger partial charge in [-0.05, 0) is 27.7 Å². The molecule has 0 aliphatic heterocycles. The minimum absolute atomic E-state index is 0.437. The third-order valence-corrected chi connectivity index (χ3v) is 3.26. The van der Waals surface area contributed by atoms with Crippen molar-refractivity contribution in [3.63, 3.8) is 0 Å². The number of aryl methyl sites for hydroxylation is 2. The number of likely N-dealkylation sites (N-methyl/N-ethyl adjacent to an activating group) is 1. The molecule has 0 atom stereocenters. The molecule has 1 rings (SSSR count). The molecule has 0 amide bonds. The molecular formula is C15H30N4O. The topological polar surface area (TPSA) is 53.3 Å².